The lowest BCUT2D eigenvalue weighted by Gasteiger charge is -2.34. The van der Waals surface area contributed by atoms with Gasteiger partial charge in [0, 0.05) is 11.1 Å². The summed E-state index contributed by atoms with van der Waals surface area (Å²) in [6.07, 6.45) is 0. The molecule has 0 atom stereocenters. The van der Waals surface area contributed by atoms with Crippen LogP contribution in [0.3, 0.4) is 0 Å². The molecule has 0 bridgehead atoms. The number of hydrogen-bond acceptors (Lipinski definition) is 6. The zero-order valence-corrected chi connectivity index (χ0v) is 31.4. The van der Waals surface area contributed by atoms with Crippen LogP contribution < -0.4 is 0 Å². The number of fused-ring (bicyclic) bond motifs is 5. The summed E-state index contributed by atoms with van der Waals surface area (Å²) in [4.78, 5) is 20.0. The maximum atomic E-state index is 6.06. The molecule has 10 rings (SSSR count). The van der Waals surface area contributed by atoms with Crippen molar-refractivity contribution in [3.05, 3.63) is 179 Å². The van der Waals surface area contributed by atoms with Gasteiger partial charge in [0.25, 0.3) is 0 Å². The third-order valence-electron chi connectivity index (χ3n) is 11.0. The molecule has 7 aromatic rings. The molecule has 268 valence electrons. The fourth-order valence-corrected chi connectivity index (χ4v) is 8.56. The van der Waals surface area contributed by atoms with Crippen molar-refractivity contribution in [2.45, 2.75) is 44.2 Å². The first-order valence-electron chi connectivity index (χ1n) is 18.9. The van der Waals surface area contributed by atoms with Crippen molar-refractivity contribution in [2.24, 2.45) is 9.98 Å². The summed E-state index contributed by atoms with van der Waals surface area (Å²) in [5.41, 5.74) is 11.3. The number of hydrogen-bond donors (Lipinski definition) is 0. The zero-order chi connectivity index (χ0) is 37.4. The maximum Gasteiger partial charge on any atom is 0.236 e. The van der Waals surface area contributed by atoms with E-state index in [1.54, 1.807) is 0 Å². The van der Waals surface area contributed by atoms with Crippen LogP contribution in [0, 0.1) is 0 Å². The number of nitrogens with zero attached hydrogens (tertiary/aromatic N) is 4. The van der Waals surface area contributed by atoms with E-state index in [-0.39, 0.29) is 11.1 Å². The van der Waals surface area contributed by atoms with E-state index < -0.39 is 5.41 Å². The summed E-state index contributed by atoms with van der Waals surface area (Å²) in [7, 11) is 0. The minimum atomic E-state index is -0.650. The summed E-state index contributed by atoms with van der Waals surface area (Å²) in [5.74, 6) is 1.18. The van der Waals surface area contributed by atoms with Crippen molar-refractivity contribution < 1.29 is 9.47 Å². The highest BCUT2D eigenvalue weighted by Gasteiger charge is 2.47. The molecule has 55 heavy (non-hydrogen) atoms. The van der Waals surface area contributed by atoms with Gasteiger partial charge in [-0.15, -0.1) is 0 Å². The molecular formula is C49H40N4O2. The summed E-state index contributed by atoms with van der Waals surface area (Å²) in [6.45, 7) is 9.40. The Hall–Kier alpha value is -6.40. The van der Waals surface area contributed by atoms with Crippen molar-refractivity contribution in [3.63, 3.8) is 0 Å². The number of aromatic nitrogens is 2. The van der Waals surface area contributed by atoms with Crippen molar-refractivity contribution in [2.75, 3.05) is 13.2 Å². The molecule has 0 amide bonds. The van der Waals surface area contributed by atoms with Crippen molar-refractivity contribution in [1.82, 2.24) is 9.97 Å². The fourth-order valence-electron chi connectivity index (χ4n) is 8.56. The van der Waals surface area contributed by atoms with E-state index in [4.69, 9.17) is 29.4 Å². The topological polar surface area (TPSA) is 69.0 Å². The lowest BCUT2D eigenvalue weighted by Crippen LogP contribution is -2.28. The third-order valence-corrected chi connectivity index (χ3v) is 11.0. The Balaban J connectivity index is 1.25. The van der Waals surface area contributed by atoms with Crippen LogP contribution in [0.1, 0.15) is 61.3 Å². The van der Waals surface area contributed by atoms with E-state index in [9.17, 15) is 0 Å². The quantitative estimate of drug-likeness (QED) is 0.172. The van der Waals surface area contributed by atoms with Gasteiger partial charge in [0.2, 0.25) is 11.8 Å². The van der Waals surface area contributed by atoms with Gasteiger partial charge in [-0.25, -0.2) is 20.0 Å². The first-order valence-corrected chi connectivity index (χ1v) is 18.9. The zero-order valence-electron chi connectivity index (χ0n) is 31.4. The smallest absolute Gasteiger partial charge is 0.236 e. The first kappa shape index (κ1) is 33.2. The highest BCUT2D eigenvalue weighted by atomic mass is 16.5. The minimum absolute atomic E-state index is 0.273. The second kappa shape index (κ2) is 12.3. The lowest BCUT2D eigenvalue weighted by atomic mass is 9.67. The van der Waals surface area contributed by atoms with E-state index in [1.807, 2.05) is 18.2 Å². The summed E-state index contributed by atoms with van der Waals surface area (Å²) >= 11 is 0. The van der Waals surface area contributed by atoms with Gasteiger partial charge in [0.1, 0.15) is 24.6 Å². The van der Waals surface area contributed by atoms with Gasteiger partial charge in [-0.05, 0) is 108 Å². The number of ether oxygens (including phenoxy) is 2. The van der Waals surface area contributed by atoms with Crippen LogP contribution >= 0.6 is 0 Å². The Morgan fingerprint density at radius 1 is 0.455 bits per heavy atom. The molecule has 0 radical (unpaired) electrons. The molecule has 0 fully saturated rings. The average molecular weight is 717 g/mol. The largest absolute Gasteiger partial charge is 0.474 e. The second-order valence-electron chi connectivity index (χ2n) is 16.0. The molecule has 3 aliphatic rings. The van der Waals surface area contributed by atoms with Crippen molar-refractivity contribution in [1.29, 1.82) is 0 Å². The predicted octanol–water partition coefficient (Wildman–Crippen LogP) is 10.4. The van der Waals surface area contributed by atoms with Crippen molar-refractivity contribution >= 4 is 22.6 Å². The maximum absolute atomic E-state index is 6.06. The van der Waals surface area contributed by atoms with Crippen LogP contribution in [-0.2, 0) is 14.9 Å². The number of rotatable bonds is 6. The first-order chi connectivity index (χ1) is 26.7. The van der Waals surface area contributed by atoms with E-state index >= 15 is 0 Å². The minimum Gasteiger partial charge on any atom is -0.474 e. The standard InChI is InChI=1S/C49H40N4O2/c1-47(2)29-54-45(52-47)42-23-13-21-40(50-42)31-25-26-36-38(27-31)49(32-15-7-5-8-16-32,33-17-9-6-10-18-33)39-28-37(34-19-11-12-20-35(34)44(36)39)41-22-14-24-43(51-41)46-53-48(3,4)30-55-46/h5-28H,29-30H2,1-4H3. The molecule has 6 nitrogen and oxygen atoms in total. The Morgan fingerprint density at radius 2 is 0.982 bits per heavy atom. The molecule has 2 aromatic heterocycles. The van der Waals surface area contributed by atoms with Crippen LogP contribution in [0.2, 0.25) is 0 Å². The molecule has 0 unspecified atom stereocenters. The van der Waals surface area contributed by atoms with E-state index in [1.165, 1.54) is 38.8 Å². The van der Waals surface area contributed by atoms with Gasteiger partial charge in [-0.3, -0.25) is 0 Å². The molecule has 0 N–H and O–H groups in total. The fraction of sp³-hybridized carbons (Fsp3) is 0.184. The van der Waals surface area contributed by atoms with Gasteiger partial charge >= 0.3 is 0 Å². The highest BCUT2D eigenvalue weighted by Crippen LogP contribution is 2.59. The van der Waals surface area contributed by atoms with Gasteiger partial charge in [-0.2, -0.15) is 0 Å². The SMILES string of the molecule is CC1(C)COC(c2cccc(-c3ccc4c(c3)C(c3ccccc3)(c3ccccc3)c3cc(-c5cccc(C6=NC(C)(C)CO6)n5)c5ccccc5c3-4)n2)=N1. The van der Waals surface area contributed by atoms with Crippen LogP contribution in [0.25, 0.3) is 44.4 Å². The molecule has 0 saturated carbocycles. The number of benzene rings is 5. The van der Waals surface area contributed by atoms with E-state index in [0.29, 0.717) is 25.0 Å². The van der Waals surface area contributed by atoms with Gasteiger partial charge in [0.05, 0.1) is 27.9 Å². The Bertz CT molecular complexity index is 2680. The van der Waals surface area contributed by atoms with Gasteiger partial charge in [-0.1, -0.05) is 109 Å². The van der Waals surface area contributed by atoms with E-state index in [2.05, 4.69) is 155 Å². The van der Waals surface area contributed by atoms with Crippen LogP contribution in [0.5, 0.6) is 0 Å². The molecule has 4 heterocycles. The summed E-state index contributed by atoms with van der Waals surface area (Å²) in [5, 5.41) is 2.32. The lowest BCUT2D eigenvalue weighted by molar-refractivity contribution is 0.279. The highest BCUT2D eigenvalue weighted by molar-refractivity contribution is 6.10. The monoisotopic (exact) mass is 716 g/mol. The van der Waals surface area contributed by atoms with E-state index in [0.717, 1.165) is 39.3 Å². The summed E-state index contributed by atoms with van der Waals surface area (Å²) in [6, 6.07) is 52.1. The summed E-state index contributed by atoms with van der Waals surface area (Å²) < 4.78 is 12.1. The normalized spacial score (nSPS) is 17.2. The second-order valence-corrected chi connectivity index (χ2v) is 16.0. The van der Waals surface area contributed by atoms with Crippen LogP contribution in [0.15, 0.2) is 156 Å². The molecule has 1 aliphatic carbocycles. The molecule has 0 spiro atoms. The molecule has 0 saturated heterocycles. The molecule has 2 aliphatic heterocycles. The molecule has 6 heteroatoms. The molecule has 5 aromatic carbocycles. The Labute approximate surface area is 321 Å². The van der Waals surface area contributed by atoms with Gasteiger partial charge in [0.15, 0.2) is 0 Å². The van der Waals surface area contributed by atoms with Gasteiger partial charge < -0.3 is 9.47 Å². The number of pyridine rings is 2. The van der Waals surface area contributed by atoms with Crippen molar-refractivity contribution in [3.8, 4) is 33.6 Å². The van der Waals surface area contributed by atoms with Crippen LogP contribution in [0.4, 0.5) is 0 Å². The number of aliphatic imine (C=N–C) groups is 2. The third kappa shape index (κ3) is 5.38. The Morgan fingerprint density at radius 3 is 1.56 bits per heavy atom. The average Bonchev–Trinajstić information content (AvgIpc) is 3.88. The Kier molecular flexibility index (Phi) is 7.43. The predicted molar refractivity (Wildman–Crippen MR) is 221 cm³/mol. The molecular weight excluding hydrogens is 677 g/mol. The van der Waals surface area contributed by atoms with Crippen LogP contribution in [-0.4, -0.2) is 46.1 Å².